The van der Waals surface area contributed by atoms with Crippen molar-refractivity contribution >= 4 is 11.8 Å². The number of carboxylic acids is 1. The van der Waals surface area contributed by atoms with E-state index < -0.39 is 12.6 Å². The van der Waals surface area contributed by atoms with Crippen molar-refractivity contribution in [1.82, 2.24) is 0 Å². The van der Waals surface area contributed by atoms with Gasteiger partial charge in [-0.15, -0.1) is 0 Å². The van der Waals surface area contributed by atoms with Gasteiger partial charge in [0.05, 0.1) is 0 Å². The predicted molar refractivity (Wildman–Crippen MR) is 82.0 cm³/mol. The summed E-state index contributed by atoms with van der Waals surface area (Å²) in [5.74, 6) is -1.58. The van der Waals surface area contributed by atoms with E-state index in [0.717, 1.165) is 5.56 Å². The number of ketones is 1. The highest BCUT2D eigenvalue weighted by molar-refractivity contribution is 5.99. The zero-order valence-corrected chi connectivity index (χ0v) is 12.5. The average molecular weight is 316 g/mol. The fourth-order valence-corrected chi connectivity index (χ4v) is 2.01. The summed E-state index contributed by atoms with van der Waals surface area (Å²) in [5.41, 5.74) is 0.918. The van der Waals surface area contributed by atoms with E-state index in [9.17, 15) is 14.7 Å². The first-order valence-electron chi connectivity index (χ1n) is 6.86. The number of ether oxygens (including phenoxy) is 2. The number of hydrogen-bond acceptors (Lipinski definition) is 5. The maximum absolute atomic E-state index is 11.7. The molecule has 120 valence electrons. The number of benzene rings is 2. The first-order valence-corrected chi connectivity index (χ1v) is 6.86. The van der Waals surface area contributed by atoms with Crippen molar-refractivity contribution in [2.45, 2.75) is 13.5 Å². The van der Waals surface area contributed by atoms with E-state index in [1.54, 1.807) is 0 Å². The normalized spacial score (nSPS) is 10.1. The van der Waals surface area contributed by atoms with Crippen LogP contribution in [0.15, 0.2) is 42.5 Å². The van der Waals surface area contributed by atoms with Crippen LogP contribution in [0.4, 0.5) is 0 Å². The van der Waals surface area contributed by atoms with Crippen molar-refractivity contribution < 1.29 is 29.3 Å². The molecule has 2 rings (SSSR count). The first-order chi connectivity index (χ1) is 11.0. The van der Waals surface area contributed by atoms with Gasteiger partial charge in [-0.1, -0.05) is 30.3 Å². The molecule has 6 heteroatoms. The zero-order valence-electron chi connectivity index (χ0n) is 12.5. The highest BCUT2D eigenvalue weighted by Gasteiger charge is 2.17. The van der Waals surface area contributed by atoms with Crippen LogP contribution in [-0.4, -0.2) is 28.6 Å². The van der Waals surface area contributed by atoms with Gasteiger partial charge in [-0.25, -0.2) is 4.79 Å². The second-order valence-electron chi connectivity index (χ2n) is 4.83. The van der Waals surface area contributed by atoms with Crippen LogP contribution >= 0.6 is 0 Å². The van der Waals surface area contributed by atoms with E-state index >= 15 is 0 Å². The molecule has 0 bridgehead atoms. The Balaban J connectivity index is 2.26. The minimum atomic E-state index is -1.15. The first kappa shape index (κ1) is 16.4. The second kappa shape index (κ2) is 7.31. The minimum absolute atomic E-state index is 0.0311. The van der Waals surface area contributed by atoms with Gasteiger partial charge in [0.15, 0.2) is 12.4 Å². The molecule has 0 aliphatic carbocycles. The van der Waals surface area contributed by atoms with Crippen LogP contribution in [0.5, 0.6) is 17.2 Å². The van der Waals surface area contributed by atoms with E-state index in [0.29, 0.717) is 0 Å². The molecule has 0 atom stereocenters. The molecule has 0 heterocycles. The van der Waals surface area contributed by atoms with Gasteiger partial charge in [-0.3, -0.25) is 4.79 Å². The van der Waals surface area contributed by atoms with Gasteiger partial charge in [-0.2, -0.15) is 0 Å². The summed E-state index contributed by atoms with van der Waals surface area (Å²) in [4.78, 5) is 22.3. The smallest absolute Gasteiger partial charge is 0.341 e. The van der Waals surface area contributed by atoms with Crippen LogP contribution in [0.1, 0.15) is 22.8 Å². The molecule has 0 aliphatic rings. The summed E-state index contributed by atoms with van der Waals surface area (Å²) in [5, 5.41) is 18.6. The molecule has 0 spiro atoms. The van der Waals surface area contributed by atoms with Crippen molar-refractivity contribution in [1.29, 1.82) is 0 Å². The monoisotopic (exact) mass is 316 g/mol. The van der Waals surface area contributed by atoms with Crippen molar-refractivity contribution in [2.24, 2.45) is 0 Å². The Hall–Kier alpha value is -3.02. The number of carbonyl (C=O) groups excluding carboxylic acids is 1. The van der Waals surface area contributed by atoms with Gasteiger partial charge in [0, 0.05) is 12.1 Å². The number of rotatable bonds is 7. The van der Waals surface area contributed by atoms with E-state index in [4.69, 9.17) is 14.6 Å². The van der Waals surface area contributed by atoms with Crippen LogP contribution in [0.3, 0.4) is 0 Å². The second-order valence-corrected chi connectivity index (χ2v) is 4.83. The average Bonchev–Trinajstić information content (AvgIpc) is 2.51. The maximum Gasteiger partial charge on any atom is 0.341 e. The van der Waals surface area contributed by atoms with Gasteiger partial charge in [0.2, 0.25) is 0 Å². The molecule has 2 aromatic rings. The highest BCUT2D eigenvalue weighted by atomic mass is 16.5. The van der Waals surface area contributed by atoms with E-state index in [-0.39, 0.29) is 35.2 Å². The summed E-state index contributed by atoms with van der Waals surface area (Å²) < 4.78 is 10.6. The topological polar surface area (TPSA) is 93.1 Å². The number of carboxylic acid groups (broad SMARTS) is 1. The highest BCUT2D eigenvalue weighted by Crippen LogP contribution is 2.34. The lowest BCUT2D eigenvalue weighted by molar-refractivity contribution is -0.139. The molecule has 0 amide bonds. The molecule has 0 fully saturated rings. The van der Waals surface area contributed by atoms with Gasteiger partial charge < -0.3 is 19.7 Å². The number of hydrogen-bond donors (Lipinski definition) is 2. The lowest BCUT2D eigenvalue weighted by Gasteiger charge is -2.13. The number of aromatic hydroxyl groups is 1. The van der Waals surface area contributed by atoms with Gasteiger partial charge >= 0.3 is 5.97 Å². The third-order valence-electron chi connectivity index (χ3n) is 3.01. The molecular formula is C17H16O6. The third kappa shape index (κ3) is 4.47. The van der Waals surface area contributed by atoms with Crippen LogP contribution in [0.25, 0.3) is 0 Å². The number of phenols is 1. The van der Waals surface area contributed by atoms with E-state index in [1.165, 1.54) is 19.1 Å². The molecule has 2 N–H and O–H groups in total. The Morgan fingerprint density at radius 3 is 2.39 bits per heavy atom. The summed E-state index contributed by atoms with van der Waals surface area (Å²) in [6.45, 7) is 0.947. The fourth-order valence-electron chi connectivity index (χ4n) is 2.01. The Kier molecular flexibility index (Phi) is 5.19. The zero-order chi connectivity index (χ0) is 16.8. The molecule has 0 unspecified atom stereocenters. The van der Waals surface area contributed by atoms with Crippen LogP contribution in [0, 0.1) is 0 Å². The molecule has 23 heavy (non-hydrogen) atoms. The summed E-state index contributed by atoms with van der Waals surface area (Å²) >= 11 is 0. The summed E-state index contributed by atoms with van der Waals surface area (Å²) in [6, 6.07) is 11.9. The van der Waals surface area contributed by atoms with Crippen molar-refractivity contribution in [2.75, 3.05) is 6.61 Å². The quantitative estimate of drug-likeness (QED) is 0.763. The van der Waals surface area contributed by atoms with Crippen molar-refractivity contribution in [3.05, 3.63) is 53.6 Å². The molecule has 2 aromatic carbocycles. The Morgan fingerprint density at radius 2 is 1.78 bits per heavy atom. The lowest BCUT2D eigenvalue weighted by Crippen LogP contribution is -2.10. The van der Waals surface area contributed by atoms with E-state index in [1.807, 2.05) is 30.3 Å². The molecule has 0 aromatic heterocycles. The van der Waals surface area contributed by atoms with Crippen LogP contribution < -0.4 is 9.47 Å². The van der Waals surface area contributed by atoms with Crippen molar-refractivity contribution in [3.8, 4) is 17.2 Å². The Morgan fingerprint density at radius 1 is 1.09 bits per heavy atom. The summed E-state index contributed by atoms with van der Waals surface area (Å²) in [7, 11) is 0. The third-order valence-corrected chi connectivity index (χ3v) is 3.01. The Labute approximate surface area is 132 Å². The van der Waals surface area contributed by atoms with Gasteiger partial charge in [0.1, 0.15) is 29.4 Å². The molecule has 6 nitrogen and oxygen atoms in total. The molecule has 0 saturated heterocycles. The van der Waals surface area contributed by atoms with Crippen LogP contribution in [0.2, 0.25) is 0 Å². The maximum atomic E-state index is 11.7. The van der Waals surface area contributed by atoms with Gasteiger partial charge in [0.25, 0.3) is 0 Å². The SMILES string of the molecule is CC(=O)c1c(O)cc(OCC(=O)O)cc1OCc1ccccc1. The molecule has 0 aliphatic heterocycles. The fraction of sp³-hybridized carbons (Fsp3) is 0.176. The Bertz CT molecular complexity index is 709. The number of phenolic OH excluding ortho intramolecular Hbond substituents is 1. The molecule has 0 radical (unpaired) electrons. The lowest BCUT2D eigenvalue weighted by atomic mass is 10.1. The number of carbonyl (C=O) groups is 2. The van der Waals surface area contributed by atoms with Crippen molar-refractivity contribution in [3.63, 3.8) is 0 Å². The molecular weight excluding hydrogens is 300 g/mol. The van der Waals surface area contributed by atoms with Gasteiger partial charge in [-0.05, 0) is 12.5 Å². The summed E-state index contributed by atoms with van der Waals surface area (Å²) in [6.07, 6.45) is 0. The predicted octanol–water partition coefficient (Wildman–Crippen LogP) is 2.64. The standard InChI is InChI=1S/C17H16O6/c1-11(18)17-14(19)7-13(22-10-16(20)21)8-15(17)23-9-12-5-3-2-4-6-12/h2-8,19H,9-10H2,1H3,(H,20,21). The van der Waals surface area contributed by atoms with E-state index in [2.05, 4.69) is 0 Å². The molecule has 0 saturated carbocycles. The minimum Gasteiger partial charge on any atom is -0.507 e. The van der Waals surface area contributed by atoms with Crippen LogP contribution in [-0.2, 0) is 11.4 Å². The number of Topliss-reactive ketones (excluding diaryl/α,β-unsaturated/α-hetero) is 1. The number of aliphatic carboxylic acids is 1. The largest absolute Gasteiger partial charge is 0.507 e.